The minimum Gasteiger partial charge on any atom is -0.508 e. The van der Waals surface area contributed by atoms with Gasteiger partial charge in [0.05, 0.1) is 0 Å². The first-order valence-corrected chi connectivity index (χ1v) is 11.4. The average molecular weight is 411 g/mol. The maximum Gasteiger partial charge on any atom is 0.116 e. The lowest BCUT2D eigenvalue weighted by Crippen LogP contribution is -2.54. The summed E-state index contributed by atoms with van der Waals surface area (Å²) in [7, 11) is 0. The molecule has 1 N–H and O–H groups in total. The van der Waals surface area contributed by atoms with Crippen LogP contribution >= 0.6 is 0 Å². The normalized spacial score (nSPS) is 28.9. The Balaban J connectivity index is 2.04. The molecular formula is C30H34O. The van der Waals surface area contributed by atoms with Gasteiger partial charge >= 0.3 is 0 Å². The second-order valence-corrected chi connectivity index (χ2v) is 12.0. The Morgan fingerprint density at radius 2 is 1.10 bits per heavy atom. The number of fused-ring (bicyclic) bond motifs is 1. The van der Waals surface area contributed by atoms with E-state index < -0.39 is 0 Å². The molecule has 0 saturated carbocycles. The van der Waals surface area contributed by atoms with Crippen LogP contribution in [0.25, 0.3) is 11.1 Å². The molecule has 0 radical (unpaired) electrons. The van der Waals surface area contributed by atoms with Gasteiger partial charge in [-0.1, -0.05) is 97.9 Å². The molecule has 4 aliphatic carbocycles. The molecule has 0 unspecified atom stereocenters. The zero-order valence-electron chi connectivity index (χ0n) is 20.1. The lowest BCUT2D eigenvalue weighted by atomic mass is 9.45. The predicted molar refractivity (Wildman–Crippen MR) is 131 cm³/mol. The Kier molecular flexibility index (Phi) is 3.83. The fourth-order valence-electron chi connectivity index (χ4n) is 5.89. The van der Waals surface area contributed by atoms with Gasteiger partial charge in [-0.15, -0.1) is 0 Å². The van der Waals surface area contributed by atoms with Gasteiger partial charge < -0.3 is 5.11 Å². The summed E-state index contributed by atoms with van der Waals surface area (Å²) in [5, 5.41) is 12.9. The summed E-state index contributed by atoms with van der Waals surface area (Å²) >= 11 is 0. The van der Waals surface area contributed by atoms with Crippen molar-refractivity contribution < 1.29 is 5.11 Å². The maximum absolute atomic E-state index is 10.5. The zero-order chi connectivity index (χ0) is 22.6. The maximum atomic E-state index is 10.5. The largest absolute Gasteiger partial charge is 0.508 e. The van der Waals surface area contributed by atoms with Crippen LogP contribution in [0, 0.1) is 21.7 Å². The number of phenolic OH excluding ortho intramolecular Hbond substituents is 1. The van der Waals surface area contributed by atoms with E-state index in [1.165, 1.54) is 43.9 Å². The van der Waals surface area contributed by atoms with E-state index >= 15 is 0 Å². The van der Waals surface area contributed by atoms with Crippen LogP contribution in [0.4, 0.5) is 0 Å². The summed E-state index contributed by atoms with van der Waals surface area (Å²) in [4.78, 5) is 0. The number of hydrogen-bond donors (Lipinski definition) is 1. The monoisotopic (exact) mass is 410 g/mol. The smallest absolute Gasteiger partial charge is 0.116 e. The van der Waals surface area contributed by atoms with Gasteiger partial charge in [0.25, 0.3) is 0 Å². The van der Waals surface area contributed by atoms with Crippen LogP contribution in [-0.2, 0) is 0 Å². The van der Waals surface area contributed by atoms with Gasteiger partial charge in [0.2, 0.25) is 0 Å². The molecule has 160 valence electrons. The van der Waals surface area contributed by atoms with E-state index in [4.69, 9.17) is 0 Å². The van der Waals surface area contributed by atoms with Crippen molar-refractivity contribution in [2.24, 2.45) is 21.7 Å². The van der Waals surface area contributed by atoms with Crippen LogP contribution in [0.3, 0.4) is 0 Å². The Morgan fingerprint density at radius 1 is 0.645 bits per heavy atom. The van der Waals surface area contributed by atoms with E-state index in [9.17, 15) is 5.11 Å². The fraction of sp³-hybridized carbons (Fsp3) is 0.400. The quantitative estimate of drug-likeness (QED) is 0.547. The highest BCUT2D eigenvalue weighted by molar-refractivity contribution is 5.88. The fourth-order valence-corrected chi connectivity index (χ4v) is 5.89. The summed E-state index contributed by atoms with van der Waals surface area (Å²) in [6.07, 6.45) is 14.4. The number of benzene rings is 1. The van der Waals surface area contributed by atoms with Crippen LogP contribution in [-0.4, -0.2) is 5.11 Å². The van der Waals surface area contributed by atoms with Gasteiger partial charge in [-0.3, -0.25) is 0 Å². The summed E-state index contributed by atoms with van der Waals surface area (Å²) < 4.78 is 0. The highest BCUT2D eigenvalue weighted by Crippen LogP contribution is 2.66. The van der Waals surface area contributed by atoms with Gasteiger partial charge in [-0.05, 0) is 66.8 Å². The van der Waals surface area contributed by atoms with Crippen molar-refractivity contribution in [3.63, 3.8) is 0 Å². The molecule has 0 aliphatic heterocycles. The minimum atomic E-state index is -0.182. The Bertz CT molecular complexity index is 1310. The molecule has 0 aromatic heterocycles. The molecule has 1 aromatic carbocycles. The molecule has 0 amide bonds. The average Bonchev–Trinajstić information content (AvgIpc) is 2.65. The Hall–Kier alpha value is -2.54. The Labute approximate surface area is 186 Å². The second-order valence-electron chi connectivity index (χ2n) is 12.0. The van der Waals surface area contributed by atoms with E-state index in [0.717, 1.165) is 0 Å². The molecule has 0 fully saturated rings. The summed E-state index contributed by atoms with van der Waals surface area (Å²) in [5.74, 6) is 0.332. The van der Waals surface area contributed by atoms with E-state index in [-0.39, 0.29) is 21.7 Å². The molecule has 2 atom stereocenters. The highest BCUT2D eigenvalue weighted by Gasteiger charge is 2.57. The van der Waals surface area contributed by atoms with Crippen molar-refractivity contribution in [2.75, 3.05) is 0 Å². The SMILES string of the molecule is CC(C)(C)C1=CC2=c3ccc(O)cc3=C3C=C(C(C)(C)C)C=C4C=CC(=C1)[C@]2(C)[C@@]43C. The van der Waals surface area contributed by atoms with Crippen molar-refractivity contribution in [3.8, 4) is 5.75 Å². The third-order valence-corrected chi connectivity index (χ3v) is 8.21. The highest BCUT2D eigenvalue weighted by atomic mass is 16.3. The minimum absolute atomic E-state index is 0.0546. The van der Waals surface area contributed by atoms with Crippen molar-refractivity contribution in [2.45, 2.75) is 55.4 Å². The molecule has 0 saturated heterocycles. The third kappa shape index (κ3) is 2.50. The number of hydrogen-bond acceptors (Lipinski definition) is 1. The molecule has 0 bridgehead atoms. The van der Waals surface area contributed by atoms with Gasteiger partial charge in [0, 0.05) is 10.8 Å². The van der Waals surface area contributed by atoms with E-state index in [0.29, 0.717) is 5.75 Å². The second kappa shape index (κ2) is 5.82. The van der Waals surface area contributed by atoms with E-state index in [2.05, 4.69) is 97.9 Å². The predicted octanol–water partition coefficient (Wildman–Crippen LogP) is 6.11. The van der Waals surface area contributed by atoms with Crippen LogP contribution in [0.1, 0.15) is 55.4 Å². The van der Waals surface area contributed by atoms with Crippen molar-refractivity contribution in [1.29, 1.82) is 0 Å². The molecule has 4 aliphatic rings. The molecule has 1 nitrogen and oxygen atoms in total. The lowest BCUT2D eigenvalue weighted by molar-refractivity contribution is 0.298. The molecule has 0 spiro atoms. The van der Waals surface area contributed by atoms with Crippen molar-refractivity contribution in [3.05, 3.63) is 87.4 Å². The van der Waals surface area contributed by atoms with E-state index in [1.807, 2.05) is 12.1 Å². The first-order valence-electron chi connectivity index (χ1n) is 11.4. The van der Waals surface area contributed by atoms with Crippen LogP contribution in [0.5, 0.6) is 5.75 Å². The number of allylic oxidation sites excluding steroid dienone is 10. The molecule has 5 rings (SSSR count). The van der Waals surface area contributed by atoms with Crippen LogP contribution in [0.2, 0.25) is 0 Å². The van der Waals surface area contributed by atoms with Crippen molar-refractivity contribution in [1.82, 2.24) is 0 Å². The first-order chi connectivity index (χ1) is 14.3. The topological polar surface area (TPSA) is 20.2 Å². The summed E-state index contributed by atoms with van der Waals surface area (Å²) in [5.41, 5.74) is 7.95. The van der Waals surface area contributed by atoms with E-state index in [1.54, 1.807) is 0 Å². The van der Waals surface area contributed by atoms with Crippen LogP contribution < -0.4 is 10.4 Å². The standard InChI is InChI=1S/C30H34O/c1-27(2,3)20-13-18-9-10-19-14-21(28(4,5)6)16-26-24-17-22(31)11-12-23(24)25(15-20)29(18,7)30(19,26)8/h9-17,31H,1-8H3/t29-,30-/m0/s1. The molecular weight excluding hydrogens is 376 g/mol. The zero-order valence-corrected chi connectivity index (χ0v) is 20.1. The van der Waals surface area contributed by atoms with Gasteiger partial charge in [0.1, 0.15) is 5.75 Å². The summed E-state index contributed by atoms with van der Waals surface area (Å²) in [6.45, 7) is 18.5. The van der Waals surface area contributed by atoms with Gasteiger partial charge in [0.15, 0.2) is 0 Å². The Morgan fingerprint density at radius 3 is 1.55 bits per heavy atom. The third-order valence-electron chi connectivity index (χ3n) is 8.21. The number of rotatable bonds is 0. The number of phenols is 1. The van der Waals surface area contributed by atoms with Gasteiger partial charge in [-0.2, -0.15) is 0 Å². The van der Waals surface area contributed by atoms with Crippen LogP contribution in [0.15, 0.2) is 76.9 Å². The molecule has 31 heavy (non-hydrogen) atoms. The molecule has 0 heterocycles. The first kappa shape index (κ1) is 20.4. The number of aromatic hydroxyl groups is 1. The summed E-state index contributed by atoms with van der Waals surface area (Å²) in [6, 6.07) is 5.94. The van der Waals surface area contributed by atoms with Crippen molar-refractivity contribution >= 4 is 11.1 Å². The van der Waals surface area contributed by atoms with Gasteiger partial charge in [-0.25, -0.2) is 0 Å². The lowest BCUT2D eigenvalue weighted by Gasteiger charge is -2.57. The molecule has 1 heteroatoms. The molecule has 1 aromatic rings.